The van der Waals surface area contributed by atoms with E-state index in [1.54, 1.807) is 13.0 Å². The predicted octanol–water partition coefficient (Wildman–Crippen LogP) is 2.47. The fraction of sp³-hybridized carbons (Fsp3) is 0.167. The van der Waals surface area contributed by atoms with E-state index in [9.17, 15) is 14.9 Å². The van der Waals surface area contributed by atoms with E-state index in [0.29, 0.717) is 11.5 Å². The number of amides is 1. The van der Waals surface area contributed by atoms with Crippen LogP contribution in [0.2, 0.25) is 5.02 Å². The summed E-state index contributed by atoms with van der Waals surface area (Å²) < 4.78 is 4.86. The Balaban J connectivity index is 2.12. The molecule has 0 atom stereocenters. The number of hydrogen-bond acceptors (Lipinski definition) is 5. The number of aromatic nitrogens is 1. The van der Waals surface area contributed by atoms with Crippen molar-refractivity contribution < 1.29 is 14.2 Å². The Hall–Kier alpha value is -2.41. The Morgan fingerprint density at radius 2 is 2.25 bits per heavy atom. The largest absolute Gasteiger partial charge is 0.361 e. The molecule has 0 spiro atoms. The van der Waals surface area contributed by atoms with Gasteiger partial charge in [0, 0.05) is 18.2 Å². The molecule has 0 aliphatic rings. The lowest BCUT2D eigenvalue weighted by Gasteiger charge is -2.04. The third-order valence-electron chi connectivity index (χ3n) is 2.51. The van der Waals surface area contributed by atoms with E-state index in [0.717, 1.165) is 6.07 Å². The average Bonchev–Trinajstić information content (AvgIpc) is 2.82. The minimum Gasteiger partial charge on any atom is -0.361 e. The highest BCUT2D eigenvalue weighted by Gasteiger charge is 2.16. The van der Waals surface area contributed by atoms with Crippen LogP contribution < -0.4 is 5.32 Å². The van der Waals surface area contributed by atoms with E-state index in [1.165, 1.54) is 12.1 Å². The first-order valence-corrected chi connectivity index (χ1v) is 5.99. The molecule has 1 aromatic carbocycles. The highest BCUT2D eigenvalue weighted by atomic mass is 35.5. The second kappa shape index (κ2) is 5.70. The van der Waals surface area contributed by atoms with Crippen LogP contribution in [0.4, 0.5) is 5.69 Å². The second-order valence-corrected chi connectivity index (χ2v) is 4.44. The first-order chi connectivity index (χ1) is 9.47. The molecule has 2 rings (SSSR count). The molecule has 0 saturated carbocycles. The summed E-state index contributed by atoms with van der Waals surface area (Å²) in [5, 5.41) is 17.1. The molecule has 7 nitrogen and oxygen atoms in total. The van der Waals surface area contributed by atoms with Crippen LogP contribution in [-0.2, 0) is 6.54 Å². The molecule has 0 saturated heterocycles. The van der Waals surface area contributed by atoms with Gasteiger partial charge in [-0.15, -0.1) is 0 Å². The maximum atomic E-state index is 11.9. The van der Waals surface area contributed by atoms with Crippen LogP contribution >= 0.6 is 11.6 Å². The minimum absolute atomic E-state index is 0.0427. The fourth-order valence-electron chi connectivity index (χ4n) is 1.57. The van der Waals surface area contributed by atoms with Crippen molar-refractivity contribution in [2.45, 2.75) is 13.5 Å². The Labute approximate surface area is 118 Å². The average molecular weight is 296 g/mol. The molecule has 2 aromatic rings. The molecule has 0 radical (unpaired) electrons. The lowest BCUT2D eigenvalue weighted by atomic mass is 10.2. The van der Waals surface area contributed by atoms with Gasteiger partial charge in [0.25, 0.3) is 11.6 Å². The minimum atomic E-state index is -0.589. The molecule has 20 heavy (non-hydrogen) atoms. The fourth-order valence-corrected chi connectivity index (χ4v) is 1.77. The van der Waals surface area contributed by atoms with Gasteiger partial charge in [-0.2, -0.15) is 0 Å². The van der Waals surface area contributed by atoms with Crippen molar-refractivity contribution in [3.8, 4) is 0 Å². The number of halogens is 1. The second-order valence-electron chi connectivity index (χ2n) is 4.03. The topological polar surface area (TPSA) is 98.3 Å². The molecular weight excluding hydrogens is 286 g/mol. The van der Waals surface area contributed by atoms with Gasteiger partial charge >= 0.3 is 0 Å². The molecule has 0 aliphatic carbocycles. The highest BCUT2D eigenvalue weighted by Crippen LogP contribution is 2.22. The van der Waals surface area contributed by atoms with Gasteiger partial charge in [0.15, 0.2) is 0 Å². The summed E-state index contributed by atoms with van der Waals surface area (Å²) in [6.07, 6.45) is 0. The van der Waals surface area contributed by atoms with Gasteiger partial charge in [-0.25, -0.2) is 0 Å². The number of carbonyl (C=O) groups excluding carboxylic acids is 1. The van der Waals surface area contributed by atoms with E-state index in [2.05, 4.69) is 10.5 Å². The van der Waals surface area contributed by atoms with Gasteiger partial charge in [0.2, 0.25) is 0 Å². The van der Waals surface area contributed by atoms with Crippen molar-refractivity contribution in [2.75, 3.05) is 0 Å². The normalized spacial score (nSPS) is 10.3. The lowest BCUT2D eigenvalue weighted by Crippen LogP contribution is -2.23. The van der Waals surface area contributed by atoms with E-state index < -0.39 is 10.8 Å². The van der Waals surface area contributed by atoms with Crippen LogP contribution in [0.25, 0.3) is 0 Å². The first kappa shape index (κ1) is 14.0. The van der Waals surface area contributed by atoms with Crippen LogP contribution in [-0.4, -0.2) is 16.0 Å². The van der Waals surface area contributed by atoms with Crippen molar-refractivity contribution in [3.05, 3.63) is 56.4 Å². The maximum absolute atomic E-state index is 11.9. The molecule has 0 unspecified atom stereocenters. The summed E-state index contributed by atoms with van der Waals surface area (Å²) in [4.78, 5) is 22.0. The van der Waals surface area contributed by atoms with Gasteiger partial charge in [-0.1, -0.05) is 16.8 Å². The Kier molecular flexibility index (Phi) is 3.99. The van der Waals surface area contributed by atoms with E-state index in [1.807, 2.05) is 0 Å². The van der Waals surface area contributed by atoms with Crippen molar-refractivity contribution in [2.24, 2.45) is 0 Å². The molecule has 8 heteroatoms. The summed E-state index contributed by atoms with van der Waals surface area (Å²) in [7, 11) is 0. The number of nitro benzene ring substituents is 1. The smallest absolute Gasteiger partial charge is 0.270 e. The summed E-state index contributed by atoms with van der Waals surface area (Å²) >= 11 is 5.86. The Morgan fingerprint density at radius 3 is 2.85 bits per heavy atom. The van der Waals surface area contributed by atoms with E-state index in [4.69, 9.17) is 16.1 Å². The number of nitrogens with zero attached hydrogens (tertiary/aromatic N) is 2. The summed E-state index contributed by atoms with van der Waals surface area (Å²) in [5.74, 6) is 0.113. The first-order valence-electron chi connectivity index (χ1n) is 5.61. The number of nitrogens with one attached hydrogen (secondary N) is 1. The number of non-ortho nitro benzene ring substituents is 1. The van der Waals surface area contributed by atoms with Gasteiger partial charge in [-0.3, -0.25) is 14.9 Å². The highest BCUT2D eigenvalue weighted by molar-refractivity contribution is 6.33. The molecule has 0 bridgehead atoms. The predicted molar refractivity (Wildman–Crippen MR) is 70.5 cm³/mol. The van der Waals surface area contributed by atoms with Gasteiger partial charge in [0.05, 0.1) is 22.1 Å². The van der Waals surface area contributed by atoms with Gasteiger partial charge in [-0.05, 0) is 13.0 Å². The Bertz CT molecular complexity index is 668. The molecule has 0 fully saturated rings. The third-order valence-corrected chi connectivity index (χ3v) is 2.84. The van der Waals surface area contributed by atoms with Crippen molar-refractivity contribution in [3.63, 3.8) is 0 Å². The number of benzene rings is 1. The molecular formula is C12H10ClN3O4. The zero-order chi connectivity index (χ0) is 14.7. The van der Waals surface area contributed by atoms with Crippen molar-refractivity contribution in [1.29, 1.82) is 0 Å². The van der Waals surface area contributed by atoms with Crippen LogP contribution in [0.5, 0.6) is 0 Å². The molecule has 1 amide bonds. The van der Waals surface area contributed by atoms with Crippen LogP contribution in [0, 0.1) is 17.0 Å². The number of nitro groups is 1. The summed E-state index contributed by atoms with van der Waals surface area (Å²) in [6, 6.07) is 5.36. The number of hydrogen-bond donors (Lipinski definition) is 1. The molecule has 0 aliphatic heterocycles. The SMILES string of the molecule is Cc1cc(CNC(=O)c2cc([N+](=O)[O-])ccc2Cl)no1. The maximum Gasteiger partial charge on any atom is 0.270 e. The van der Waals surface area contributed by atoms with Crippen molar-refractivity contribution >= 4 is 23.2 Å². The van der Waals surface area contributed by atoms with Crippen LogP contribution in [0.1, 0.15) is 21.8 Å². The lowest BCUT2D eigenvalue weighted by molar-refractivity contribution is -0.384. The van der Waals surface area contributed by atoms with Gasteiger partial charge in [0.1, 0.15) is 11.5 Å². The standard InChI is InChI=1S/C12H10ClN3O4/c1-7-4-8(15-20-7)6-14-12(17)10-5-9(16(18)19)2-3-11(10)13/h2-5H,6H2,1H3,(H,14,17). The Morgan fingerprint density at radius 1 is 1.50 bits per heavy atom. The molecule has 1 heterocycles. The quantitative estimate of drug-likeness (QED) is 0.690. The third kappa shape index (κ3) is 3.12. The molecule has 1 aromatic heterocycles. The van der Waals surface area contributed by atoms with Crippen LogP contribution in [0.3, 0.4) is 0 Å². The zero-order valence-corrected chi connectivity index (χ0v) is 11.2. The van der Waals surface area contributed by atoms with Gasteiger partial charge < -0.3 is 9.84 Å². The van der Waals surface area contributed by atoms with E-state index in [-0.39, 0.29) is 22.8 Å². The van der Waals surface area contributed by atoms with E-state index >= 15 is 0 Å². The monoisotopic (exact) mass is 295 g/mol. The number of aryl methyl sites for hydroxylation is 1. The summed E-state index contributed by atoms with van der Waals surface area (Å²) in [5.41, 5.74) is 0.398. The number of carbonyl (C=O) groups is 1. The molecule has 104 valence electrons. The zero-order valence-electron chi connectivity index (χ0n) is 10.4. The van der Waals surface area contributed by atoms with Crippen LogP contribution in [0.15, 0.2) is 28.8 Å². The van der Waals surface area contributed by atoms with Crippen molar-refractivity contribution in [1.82, 2.24) is 10.5 Å². The summed E-state index contributed by atoms with van der Waals surface area (Å²) in [6.45, 7) is 1.88. The molecule has 1 N–H and O–H groups in total. The number of rotatable bonds is 4.